The van der Waals surface area contributed by atoms with Crippen molar-refractivity contribution < 1.29 is 14.3 Å². The van der Waals surface area contributed by atoms with E-state index in [9.17, 15) is 9.59 Å². The van der Waals surface area contributed by atoms with Gasteiger partial charge in [0.05, 0.1) is 6.61 Å². The van der Waals surface area contributed by atoms with E-state index in [4.69, 9.17) is 4.74 Å². The summed E-state index contributed by atoms with van der Waals surface area (Å²) in [5.41, 5.74) is 0. The second-order valence-electron chi connectivity index (χ2n) is 12.5. The van der Waals surface area contributed by atoms with Gasteiger partial charge in [0.25, 0.3) is 0 Å². The maximum Gasteiger partial charge on any atom is 0.305 e. The highest BCUT2D eigenvalue weighted by molar-refractivity contribution is 5.69. The van der Waals surface area contributed by atoms with Crippen LogP contribution in [0, 0.1) is 11.8 Å². The van der Waals surface area contributed by atoms with Gasteiger partial charge in [-0.05, 0) is 64.6 Å². The Kier molecular flexibility index (Phi) is 29.4. The maximum atomic E-state index is 12.2. The predicted molar refractivity (Wildman–Crippen MR) is 169 cm³/mol. The largest absolute Gasteiger partial charge is 0.466 e. The van der Waals surface area contributed by atoms with E-state index in [1.165, 1.54) is 129 Å². The van der Waals surface area contributed by atoms with E-state index in [0.29, 0.717) is 13.0 Å². The summed E-state index contributed by atoms with van der Waals surface area (Å²) in [7, 11) is 4.34. The molecule has 4 nitrogen and oxygen atoms in total. The number of esters is 1. The molecule has 0 aliphatic rings. The Morgan fingerprint density at radius 2 is 1.08 bits per heavy atom. The number of hydrogen-bond acceptors (Lipinski definition) is 4. The number of hydrogen-bond donors (Lipinski definition) is 0. The SMILES string of the molecule is CCCCCC(CCCCC)CCOC(=O)CCCCCCCC(CCCCCCCC=O)CCCN(C)C. The molecule has 0 aliphatic carbocycles. The molecule has 0 radical (unpaired) electrons. The second-order valence-corrected chi connectivity index (χ2v) is 12.5. The molecular weight excluding hydrogens is 482 g/mol. The Morgan fingerprint density at radius 3 is 1.62 bits per heavy atom. The summed E-state index contributed by atoms with van der Waals surface area (Å²) in [5, 5.41) is 0. The van der Waals surface area contributed by atoms with Crippen molar-refractivity contribution in [3.8, 4) is 0 Å². The Bertz CT molecular complexity index is 512. The number of carbonyl (C=O) groups excluding carboxylic acids is 2. The van der Waals surface area contributed by atoms with Gasteiger partial charge >= 0.3 is 5.97 Å². The zero-order valence-electron chi connectivity index (χ0n) is 27.0. The van der Waals surface area contributed by atoms with Crippen LogP contribution in [0.4, 0.5) is 0 Å². The summed E-state index contributed by atoms with van der Waals surface area (Å²) >= 11 is 0. The molecule has 0 aromatic carbocycles. The molecule has 39 heavy (non-hydrogen) atoms. The monoisotopic (exact) mass is 552 g/mol. The minimum Gasteiger partial charge on any atom is -0.466 e. The van der Waals surface area contributed by atoms with Gasteiger partial charge in [-0.2, -0.15) is 0 Å². The number of unbranched alkanes of at least 4 members (excludes halogenated alkanes) is 13. The van der Waals surface area contributed by atoms with E-state index in [0.717, 1.165) is 50.2 Å². The van der Waals surface area contributed by atoms with Crippen molar-refractivity contribution in [2.75, 3.05) is 27.2 Å². The predicted octanol–water partition coefficient (Wildman–Crippen LogP) is 10.3. The van der Waals surface area contributed by atoms with Crippen molar-refractivity contribution in [2.24, 2.45) is 11.8 Å². The van der Waals surface area contributed by atoms with Crippen molar-refractivity contribution >= 4 is 12.3 Å². The summed E-state index contributed by atoms with van der Waals surface area (Å²) in [6.07, 6.45) is 31.4. The molecular formula is C35H69NO3. The second kappa shape index (κ2) is 30.1. The summed E-state index contributed by atoms with van der Waals surface area (Å²) in [5.74, 6) is 1.61. The Balaban J connectivity index is 3.97. The van der Waals surface area contributed by atoms with E-state index in [2.05, 4.69) is 32.8 Å². The number of rotatable bonds is 31. The van der Waals surface area contributed by atoms with E-state index in [1.54, 1.807) is 0 Å². The van der Waals surface area contributed by atoms with Crippen molar-refractivity contribution in [1.82, 2.24) is 4.90 Å². The van der Waals surface area contributed by atoms with Gasteiger partial charge < -0.3 is 14.4 Å². The van der Waals surface area contributed by atoms with Crippen LogP contribution in [0.5, 0.6) is 0 Å². The Hall–Kier alpha value is -0.900. The lowest BCUT2D eigenvalue weighted by Gasteiger charge is -2.18. The number of carbonyl (C=O) groups is 2. The van der Waals surface area contributed by atoms with Gasteiger partial charge in [0, 0.05) is 12.8 Å². The molecule has 0 heterocycles. The molecule has 0 aliphatic heterocycles. The van der Waals surface area contributed by atoms with Crippen molar-refractivity contribution in [1.29, 1.82) is 0 Å². The highest BCUT2D eigenvalue weighted by Crippen LogP contribution is 2.24. The fourth-order valence-corrected chi connectivity index (χ4v) is 5.76. The molecule has 0 saturated carbocycles. The van der Waals surface area contributed by atoms with Crippen molar-refractivity contribution in [3.63, 3.8) is 0 Å². The molecule has 0 amide bonds. The number of nitrogens with zero attached hydrogens (tertiary/aromatic N) is 1. The van der Waals surface area contributed by atoms with Gasteiger partial charge in [-0.1, -0.05) is 129 Å². The van der Waals surface area contributed by atoms with Gasteiger partial charge in [-0.25, -0.2) is 0 Å². The smallest absolute Gasteiger partial charge is 0.305 e. The van der Waals surface area contributed by atoms with Gasteiger partial charge in [-0.15, -0.1) is 0 Å². The van der Waals surface area contributed by atoms with E-state index in [1.807, 2.05) is 0 Å². The third kappa shape index (κ3) is 28.4. The minimum absolute atomic E-state index is 0.0166. The van der Waals surface area contributed by atoms with Crippen LogP contribution in [-0.2, 0) is 14.3 Å². The molecule has 0 aromatic heterocycles. The molecule has 232 valence electrons. The van der Waals surface area contributed by atoms with Crippen LogP contribution in [-0.4, -0.2) is 44.4 Å². The Labute approximate surface area is 244 Å². The average Bonchev–Trinajstić information content (AvgIpc) is 2.91. The average molecular weight is 552 g/mol. The third-order valence-electron chi connectivity index (χ3n) is 8.37. The van der Waals surface area contributed by atoms with Gasteiger partial charge in [-0.3, -0.25) is 4.79 Å². The quantitative estimate of drug-likeness (QED) is 0.0488. The molecule has 0 aromatic rings. The van der Waals surface area contributed by atoms with Gasteiger partial charge in [0.1, 0.15) is 6.29 Å². The van der Waals surface area contributed by atoms with Gasteiger partial charge in [0.15, 0.2) is 0 Å². The lowest BCUT2D eigenvalue weighted by molar-refractivity contribution is -0.144. The first-order valence-corrected chi connectivity index (χ1v) is 17.3. The summed E-state index contributed by atoms with van der Waals surface area (Å²) in [4.78, 5) is 25.0. The first-order chi connectivity index (χ1) is 19.0. The molecule has 0 saturated heterocycles. The molecule has 1 atom stereocenters. The molecule has 0 rings (SSSR count). The van der Waals surface area contributed by atoms with E-state index < -0.39 is 0 Å². The van der Waals surface area contributed by atoms with Crippen molar-refractivity contribution in [3.05, 3.63) is 0 Å². The highest BCUT2D eigenvalue weighted by atomic mass is 16.5. The molecule has 0 bridgehead atoms. The molecule has 1 unspecified atom stereocenters. The van der Waals surface area contributed by atoms with Crippen molar-refractivity contribution in [2.45, 2.75) is 174 Å². The standard InChI is InChI=1S/C35H69NO3/c1-5-7-16-23-34(24-17-8-6-2)29-32-39-35(38)28-20-14-11-13-19-26-33(27-22-30-36(3)4)25-18-12-9-10-15-21-31-37/h31,33-34H,5-30,32H2,1-4H3. The lowest BCUT2D eigenvalue weighted by Crippen LogP contribution is -2.14. The van der Waals surface area contributed by atoms with Crippen LogP contribution in [0.15, 0.2) is 0 Å². The minimum atomic E-state index is 0.0166. The topological polar surface area (TPSA) is 46.6 Å². The normalized spacial score (nSPS) is 12.4. The molecule has 0 N–H and O–H groups in total. The van der Waals surface area contributed by atoms with E-state index in [-0.39, 0.29) is 5.97 Å². The molecule has 4 heteroatoms. The summed E-state index contributed by atoms with van der Waals surface area (Å²) < 4.78 is 5.61. The third-order valence-corrected chi connectivity index (χ3v) is 8.37. The first-order valence-electron chi connectivity index (χ1n) is 17.3. The Morgan fingerprint density at radius 1 is 0.615 bits per heavy atom. The van der Waals surface area contributed by atoms with Gasteiger partial charge in [0.2, 0.25) is 0 Å². The highest BCUT2D eigenvalue weighted by Gasteiger charge is 2.11. The fraction of sp³-hybridized carbons (Fsp3) is 0.943. The van der Waals surface area contributed by atoms with Crippen LogP contribution < -0.4 is 0 Å². The van der Waals surface area contributed by atoms with Crippen LogP contribution in [0.25, 0.3) is 0 Å². The molecule has 0 spiro atoms. The van der Waals surface area contributed by atoms with E-state index >= 15 is 0 Å². The van der Waals surface area contributed by atoms with Crippen LogP contribution >= 0.6 is 0 Å². The fourth-order valence-electron chi connectivity index (χ4n) is 5.76. The number of aldehydes is 1. The maximum absolute atomic E-state index is 12.2. The zero-order valence-corrected chi connectivity index (χ0v) is 27.0. The van der Waals surface area contributed by atoms with Crippen LogP contribution in [0.2, 0.25) is 0 Å². The summed E-state index contributed by atoms with van der Waals surface area (Å²) in [6, 6.07) is 0. The number of ether oxygens (including phenoxy) is 1. The zero-order chi connectivity index (χ0) is 28.8. The first kappa shape index (κ1) is 38.1. The van der Waals surface area contributed by atoms with Crippen LogP contribution in [0.3, 0.4) is 0 Å². The summed E-state index contributed by atoms with van der Waals surface area (Å²) in [6.45, 7) is 6.34. The molecule has 0 fully saturated rings. The van der Waals surface area contributed by atoms with Crippen LogP contribution in [0.1, 0.15) is 174 Å². The lowest BCUT2D eigenvalue weighted by atomic mass is 9.90.